The maximum absolute atomic E-state index is 11.5. The van der Waals surface area contributed by atoms with Gasteiger partial charge in [-0.2, -0.15) is 0 Å². The van der Waals surface area contributed by atoms with Crippen molar-refractivity contribution >= 4 is 36.3 Å². The van der Waals surface area contributed by atoms with Gasteiger partial charge in [0.1, 0.15) is 11.6 Å². The number of likely N-dealkylation sites (tertiary alicyclic amines) is 2. The van der Waals surface area contributed by atoms with E-state index in [1.54, 1.807) is 51.6 Å². The van der Waals surface area contributed by atoms with Crippen LogP contribution in [0.1, 0.15) is 47.5 Å². The SMILES string of the molecule is CCOC(C)=O.CN1CC[C@@H](N)C1=O.CN1CC[C@@H](NC(=O)OC(C)(C)C)C1=O.Cl. The van der Waals surface area contributed by atoms with Crippen molar-refractivity contribution in [2.24, 2.45) is 5.73 Å². The van der Waals surface area contributed by atoms with Crippen LogP contribution < -0.4 is 11.1 Å². The van der Waals surface area contributed by atoms with Gasteiger partial charge in [-0.05, 0) is 40.5 Å². The summed E-state index contributed by atoms with van der Waals surface area (Å²) in [6.45, 7) is 10.5. The first-order chi connectivity index (χ1) is 13.3. The third kappa shape index (κ3) is 12.5. The summed E-state index contributed by atoms with van der Waals surface area (Å²) < 4.78 is 9.47. The second-order valence-corrected chi connectivity index (χ2v) is 7.83. The molecule has 0 aromatic rings. The van der Waals surface area contributed by atoms with Crippen molar-refractivity contribution in [1.82, 2.24) is 15.1 Å². The van der Waals surface area contributed by atoms with Crippen LogP contribution in [-0.4, -0.2) is 85.2 Å². The molecule has 2 rings (SSSR count). The summed E-state index contributed by atoms with van der Waals surface area (Å²) in [5.41, 5.74) is 4.85. The minimum Gasteiger partial charge on any atom is -0.466 e. The molecule has 2 saturated heterocycles. The molecule has 0 spiro atoms. The number of nitrogens with two attached hydrogens (primary N) is 1. The molecule has 3 N–H and O–H groups in total. The van der Waals surface area contributed by atoms with E-state index in [4.69, 9.17) is 10.5 Å². The van der Waals surface area contributed by atoms with Crippen LogP contribution in [0.15, 0.2) is 0 Å². The lowest BCUT2D eigenvalue weighted by molar-refractivity contribution is -0.140. The molecular weight excluding hydrogens is 416 g/mol. The lowest BCUT2D eigenvalue weighted by Gasteiger charge is -2.21. The lowest BCUT2D eigenvalue weighted by atomic mass is 10.2. The Bertz CT molecular complexity index is 570. The number of nitrogens with one attached hydrogen (secondary N) is 1. The van der Waals surface area contributed by atoms with Gasteiger partial charge in [-0.15, -0.1) is 12.4 Å². The Morgan fingerprint density at radius 3 is 1.83 bits per heavy atom. The van der Waals surface area contributed by atoms with Crippen molar-refractivity contribution in [1.29, 1.82) is 0 Å². The molecule has 2 aliphatic rings. The van der Waals surface area contributed by atoms with E-state index in [0.29, 0.717) is 19.6 Å². The zero-order valence-corrected chi connectivity index (χ0v) is 19.8. The third-order valence-electron chi connectivity index (χ3n) is 3.94. The highest BCUT2D eigenvalue weighted by Crippen LogP contribution is 2.11. The topological polar surface area (TPSA) is 131 Å². The van der Waals surface area contributed by atoms with E-state index in [1.165, 1.54) is 6.92 Å². The molecule has 0 unspecified atom stereocenters. The number of hydrogen-bond acceptors (Lipinski definition) is 7. The van der Waals surface area contributed by atoms with E-state index in [-0.39, 0.29) is 36.2 Å². The molecule has 0 saturated carbocycles. The number of likely N-dealkylation sites (N-methyl/N-ethyl adjacent to an activating group) is 2. The van der Waals surface area contributed by atoms with E-state index in [2.05, 4.69) is 10.1 Å². The van der Waals surface area contributed by atoms with Gasteiger partial charge in [0.15, 0.2) is 0 Å². The second kappa shape index (κ2) is 14.0. The summed E-state index contributed by atoms with van der Waals surface area (Å²) >= 11 is 0. The van der Waals surface area contributed by atoms with E-state index < -0.39 is 17.7 Å². The van der Waals surface area contributed by atoms with Crippen molar-refractivity contribution in [3.8, 4) is 0 Å². The fourth-order valence-electron chi connectivity index (χ4n) is 2.46. The number of ether oxygens (including phenoxy) is 2. The highest BCUT2D eigenvalue weighted by Gasteiger charge is 2.31. The molecule has 2 atom stereocenters. The third-order valence-corrected chi connectivity index (χ3v) is 3.94. The van der Waals surface area contributed by atoms with Crippen molar-refractivity contribution in [2.45, 2.75) is 65.1 Å². The molecule has 10 nitrogen and oxygen atoms in total. The van der Waals surface area contributed by atoms with E-state index in [9.17, 15) is 19.2 Å². The predicted octanol–water partition coefficient (Wildman–Crippen LogP) is 0.909. The molecule has 2 fully saturated rings. The number of alkyl carbamates (subject to hydrolysis) is 1. The van der Waals surface area contributed by atoms with E-state index >= 15 is 0 Å². The number of carbonyl (C=O) groups excluding carboxylic acids is 4. The summed E-state index contributed by atoms with van der Waals surface area (Å²) in [5.74, 6) is -0.191. The maximum Gasteiger partial charge on any atom is 0.408 e. The fraction of sp³-hybridized carbons (Fsp3) is 0.789. The summed E-state index contributed by atoms with van der Waals surface area (Å²) in [4.78, 5) is 46.6. The first-order valence-electron chi connectivity index (χ1n) is 9.66. The van der Waals surface area contributed by atoms with Crippen molar-refractivity contribution in [3.05, 3.63) is 0 Å². The summed E-state index contributed by atoms with van der Waals surface area (Å²) in [7, 11) is 3.49. The Labute approximate surface area is 185 Å². The Kier molecular flexibility index (Phi) is 14.1. The molecule has 0 aliphatic carbocycles. The minimum atomic E-state index is -0.531. The largest absolute Gasteiger partial charge is 0.466 e. The molecule has 3 amide bonds. The van der Waals surface area contributed by atoms with Gasteiger partial charge in [0.2, 0.25) is 11.8 Å². The van der Waals surface area contributed by atoms with Gasteiger partial charge >= 0.3 is 12.1 Å². The Morgan fingerprint density at radius 2 is 1.60 bits per heavy atom. The Morgan fingerprint density at radius 1 is 1.10 bits per heavy atom. The number of hydrogen-bond donors (Lipinski definition) is 2. The van der Waals surface area contributed by atoms with Gasteiger partial charge in [0.25, 0.3) is 0 Å². The maximum atomic E-state index is 11.5. The first kappa shape index (κ1) is 30.1. The van der Waals surface area contributed by atoms with Gasteiger partial charge < -0.3 is 30.3 Å². The van der Waals surface area contributed by atoms with E-state index in [1.807, 2.05) is 0 Å². The number of amides is 3. The zero-order chi connectivity index (χ0) is 22.8. The smallest absolute Gasteiger partial charge is 0.408 e. The van der Waals surface area contributed by atoms with Gasteiger partial charge in [0.05, 0.1) is 12.6 Å². The number of esters is 1. The highest BCUT2D eigenvalue weighted by molar-refractivity contribution is 5.87. The number of rotatable bonds is 2. The molecule has 0 aromatic heterocycles. The average Bonchev–Trinajstić information content (AvgIpc) is 3.04. The zero-order valence-electron chi connectivity index (χ0n) is 19.0. The van der Waals surface area contributed by atoms with Crippen LogP contribution in [0.25, 0.3) is 0 Å². The monoisotopic (exact) mass is 452 g/mol. The molecule has 0 radical (unpaired) electrons. The van der Waals surface area contributed by atoms with Crippen molar-refractivity contribution < 1.29 is 28.7 Å². The van der Waals surface area contributed by atoms with Crippen LogP contribution in [0.3, 0.4) is 0 Å². The average molecular weight is 453 g/mol. The fourth-order valence-corrected chi connectivity index (χ4v) is 2.46. The van der Waals surface area contributed by atoms with Crippen LogP contribution in [0.5, 0.6) is 0 Å². The standard InChI is InChI=1S/C10H18N2O3.C5H10N2O.C4H8O2.ClH/c1-10(2,3)15-9(14)11-7-5-6-12(4)8(7)13;1-7-3-2-4(6)5(7)8;1-3-6-4(2)5;/h7H,5-6H2,1-4H3,(H,11,14);4H,2-3,6H2,1H3;3H2,1-2H3;1H/t7-;4-;;/m11../s1. The predicted molar refractivity (Wildman–Crippen MR) is 115 cm³/mol. The van der Waals surface area contributed by atoms with Gasteiger partial charge in [0, 0.05) is 34.1 Å². The second-order valence-electron chi connectivity index (χ2n) is 7.83. The highest BCUT2D eigenvalue weighted by atomic mass is 35.5. The molecule has 2 aliphatic heterocycles. The van der Waals surface area contributed by atoms with Crippen LogP contribution in [0, 0.1) is 0 Å². The van der Waals surface area contributed by atoms with E-state index in [0.717, 1.165) is 13.0 Å². The Balaban J connectivity index is 0. The number of halogens is 1. The van der Waals surface area contributed by atoms with Gasteiger partial charge in [-0.1, -0.05) is 0 Å². The van der Waals surface area contributed by atoms with Crippen molar-refractivity contribution in [3.63, 3.8) is 0 Å². The summed E-state index contributed by atoms with van der Waals surface area (Å²) in [6, 6.07) is -0.648. The van der Waals surface area contributed by atoms with Crippen LogP contribution in [0.2, 0.25) is 0 Å². The van der Waals surface area contributed by atoms with Crippen LogP contribution in [0.4, 0.5) is 4.79 Å². The molecule has 0 bridgehead atoms. The first-order valence-corrected chi connectivity index (χ1v) is 9.66. The molecule has 2 heterocycles. The summed E-state index contributed by atoms with van der Waals surface area (Å²) in [6.07, 6.45) is 0.931. The van der Waals surface area contributed by atoms with Gasteiger partial charge in [-0.25, -0.2) is 4.79 Å². The molecule has 30 heavy (non-hydrogen) atoms. The van der Waals surface area contributed by atoms with Crippen LogP contribution in [-0.2, 0) is 23.9 Å². The minimum absolute atomic E-state index is 0. The molecule has 11 heteroatoms. The van der Waals surface area contributed by atoms with Crippen molar-refractivity contribution in [2.75, 3.05) is 33.8 Å². The van der Waals surface area contributed by atoms with Gasteiger partial charge in [-0.3, -0.25) is 14.4 Å². The number of carbonyl (C=O) groups is 4. The quantitative estimate of drug-likeness (QED) is 0.595. The van der Waals surface area contributed by atoms with Crippen LogP contribution >= 0.6 is 12.4 Å². The molecular formula is C19H37ClN4O6. The Hall–Kier alpha value is -2.07. The molecule has 176 valence electrons. The lowest BCUT2D eigenvalue weighted by Crippen LogP contribution is -2.43. The summed E-state index contributed by atoms with van der Waals surface area (Å²) in [5, 5.41) is 2.56. The number of nitrogens with zero attached hydrogens (tertiary/aromatic N) is 2. The molecule has 0 aromatic carbocycles. The normalized spacial score (nSPS) is 20.3.